The average molecular weight is 386 g/mol. The van der Waals surface area contributed by atoms with Crippen molar-refractivity contribution in [1.82, 2.24) is 24.7 Å². The average Bonchev–Trinajstić information content (AvgIpc) is 3.11. The van der Waals surface area contributed by atoms with Crippen molar-refractivity contribution in [2.24, 2.45) is 0 Å². The largest absolute Gasteiger partial charge is 0.379 e. The van der Waals surface area contributed by atoms with Gasteiger partial charge in [0.15, 0.2) is 0 Å². The summed E-state index contributed by atoms with van der Waals surface area (Å²) < 4.78 is 31.2. The second-order valence-electron chi connectivity index (χ2n) is 7.13. The number of H-pyrrole nitrogens is 1. The van der Waals surface area contributed by atoms with Crippen LogP contribution in [0.5, 0.6) is 0 Å². The zero-order chi connectivity index (χ0) is 18.4. The molecule has 1 unspecified atom stereocenters. The fourth-order valence-electron chi connectivity index (χ4n) is 3.76. The van der Waals surface area contributed by atoms with Crippen LogP contribution in [0.1, 0.15) is 36.9 Å². The molecule has 2 fully saturated rings. The van der Waals surface area contributed by atoms with Crippen LogP contribution in [0.25, 0.3) is 0 Å². The Kier molecular flexibility index (Phi) is 7.05. The smallest absolute Gasteiger partial charge is 0.211 e. The summed E-state index contributed by atoms with van der Waals surface area (Å²) in [6.07, 6.45) is 4.23. The lowest BCUT2D eigenvalue weighted by molar-refractivity contribution is 0.0340. The third-order valence-corrected chi connectivity index (χ3v) is 6.70. The molecule has 0 saturated carbocycles. The van der Waals surface area contributed by atoms with Gasteiger partial charge in [-0.25, -0.2) is 13.1 Å². The molecule has 0 aliphatic carbocycles. The fourth-order valence-corrected chi connectivity index (χ4v) is 4.36. The second-order valence-corrected chi connectivity index (χ2v) is 9.23. The molecule has 1 aromatic rings. The molecule has 3 rings (SSSR count). The zero-order valence-electron chi connectivity index (χ0n) is 15.6. The van der Waals surface area contributed by atoms with Crippen molar-refractivity contribution in [2.45, 2.75) is 32.2 Å². The number of nitrogens with zero attached hydrogens (tertiary/aromatic N) is 3. The molecule has 0 aromatic carbocycles. The molecule has 26 heavy (non-hydrogen) atoms. The number of hydrogen-bond donors (Lipinski definition) is 2. The first-order valence-electron chi connectivity index (χ1n) is 9.59. The molecule has 2 N–H and O–H groups in total. The SMILES string of the molecule is CCS(=O)(=O)NCCN1CCCC(c2[nH]ncc2CN2CCOCC2)C1. The van der Waals surface area contributed by atoms with E-state index in [0.717, 1.165) is 65.3 Å². The Morgan fingerprint density at radius 2 is 2.12 bits per heavy atom. The molecular formula is C17H31N5O3S. The fraction of sp³-hybridized carbons (Fsp3) is 0.824. The predicted molar refractivity (Wildman–Crippen MR) is 101 cm³/mol. The van der Waals surface area contributed by atoms with Crippen LogP contribution >= 0.6 is 0 Å². The van der Waals surface area contributed by atoms with Gasteiger partial charge in [-0.1, -0.05) is 0 Å². The summed E-state index contributed by atoms with van der Waals surface area (Å²) in [7, 11) is -3.11. The lowest BCUT2D eigenvalue weighted by Gasteiger charge is -2.33. The van der Waals surface area contributed by atoms with Gasteiger partial charge in [0.25, 0.3) is 0 Å². The first-order chi connectivity index (χ1) is 12.6. The number of likely N-dealkylation sites (tertiary alicyclic amines) is 1. The van der Waals surface area contributed by atoms with Crippen molar-refractivity contribution in [1.29, 1.82) is 0 Å². The normalized spacial score (nSPS) is 23.3. The molecule has 2 saturated heterocycles. The number of hydrogen-bond acceptors (Lipinski definition) is 6. The van der Waals surface area contributed by atoms with Gasteiger partial charge in [0, 0.05) is 56.4 Å². The predicted octanol–water partition coefficient (Wildman–Crippen LogP) is 0.361. The highest BCUT2D eigenvalue weighted by atomic mass is 32.2. The number of morpholine rings is 1. The highest BCUT2D eigenvalue weighted by Crippen LogP contribution is 2.28. The van der Waals surface area contributed by atoms with Crippen LogP contribution in [-0.4, -0.2) is 86.7 Å². The summed E-state index contributed by atoms with van der Waals surface area (Å²) in [4.78, 5) is 4.77. The molecule has 3 heterocycles. The summed E-state index contributed by atoms with van der Waals surface area (Å²) in [5, 5.41) is 7.53. The molecule has 2 aliphatic heterocycles. The van der Waals surface area contributed by atoms with Crippen LogP contribution in [0.2, 0.25) is 0 Å². The molecule has 9 heteroatoms. The lowest BCUT2D eigenvalue weighted by Crippen LogP contribution is -2.40. The van der Waals surface area contributed by atoms with E-state index in [4.69, 9.17) is 4.74 Å². The Balaban J connectivity index is 1.53. The van der Waals surface area contributed by atoms with Gasteiger partial charge in [-0.15, -0.1) is 0 Å². The van der Waals surface area contributed by atoms with Gasteiger partial charge in [-0.05, 0) is 26.3 Å². The summed E-state index contributed by atoms with van der Waals surface area (Å²) >= 11 is 0. The lowest BCUT2D eigenvalue weighted by atomic mass is 9.92. The number of sulfonamides is 1. The highest BCUT2D eigenvalue weighted by molar-refractivity contribution is 7.89. The van der Waals surface area contributed by atoms with Crippen molar-refractivity contribution in [3.8, 4) is 0 Å². The standard InChI is InChI=1S/C17H31N5O3S/c1-2-26(23,24)19-5-7-21-6-3-4-15(13-21)17-16(12-18-20-17)14-22-8-10-25-11-9-22/h12,15,19H,2-11,13-14H2,1H3,(H,18,20). The van der Waals surface area contributed by atoms with Crippen molar-refractivity contribution >= 4 is 10.0 Å². The third kappa shape index (κ3) is 5.50. The molecular weight excluding hydrogens is 354 g/mol. The van der Waals surface area contributed by atoms with E-state index >= 15 is 0 Å². The van der Waals surface area contributed by atoms with Crippen LogP contribution in [-0.2, 0) is 21.3 Å². The van der Waals surface area contributed by atoms with Crippen LogP contribution < -0.4 is 4.72 Å². The van der Waals surface area contributed by atoms with Gasteiger partial charge in [0.1, 0.15) is 0 Å². The van der Waals surface area contributed by atoms with Crippen molar-refractivity contribution in [2.75, 3.05) is 58.2 Å². The Bertz CT molecular complexity index is 657. The summed E-state index contributed by atoms with van der Waals surface area (Å²) in [5.41, 5.74) is 2.53. The second kappa shape index (κ2) is 9.27. The minimum absolute atomic E-state index is 0.134. The monoisotopic (exact) mass is 385 g/mol. The topological polar surface area (TPSA) is 90.6 Å². The van der Waals surface area contributed by atoms with Crippen LogP contribution in [0.4, 0.5) is 0 Å². The number of ether oxygens (including phenoxy) is 1. The first-order valence-corrected chi connectivity index (χ1v) is 11.2. The number of piperidine rings is 1. The number of aromatic amines is 1. The number of rotatable bonds is 8. The van der Waals surface area contributed by atoms with E-state index in [0.29, 0.717) is 12.5 Å². The van der Waals surface area contributed by atoms with Gasteiger partial charge in [-0.2, -0.15) is 5.10 Å². The molecule has 148 valence electrons. The van der Waals surface area contributed by atoms with Crippen LogP contribution in [0.15, 0.2) is 6.20 Å². The Hall–Kier alpha value is -1.00. The van der Waals surface area contributed by atoms with Gasteiger partial charge < -0.3 is 9.64 Å². The summed E-state index contributed by atoms with van der Waals surface area (Å²) in [5.74, 6) is 0.569. The molecule has 0 spiro atoms. The molecule has 1 aromatic heterocycles. The van der Waals surface area contributed by atoms with Gasteiger partial charge in [0.05, 0.1) is 25.2 Å². The van der Waals surface area contributed by atoms with Crippen molar-refractivity contribution in [3.05, 3.63) is 17.5 Å². The number of nitrogens with one attached hydrogen (secondary N) is 2. The zero-order valence-corrected chi connectivity index (χ0v) is 16.4. The minimum atomic E-state index is -3.11. The Morgan fingerprint density at radius 1 is 1.31 bits per heavy atom. The maximum Gasteiger partial charge on any atom is 0.211 e. The van der Waals surface area contributed by atoms with E-state index in [1.54, 1.807) is 6.92 Å². The van der Waals surface area contributed by atoms with E-state index in [2.05, 4.69) is 24.7 Å². The van der Waals surface area contributed by atoms with Crippen LogP contribution in [0.3, 0.4) is 0 Å². The van der Waals surface area contributed by atoms with E-state index in [-0.39, 0.29) is 5.75 Å². The molecule has 1 atom stereocenters. The van der Waals surface area contributed by atoms with E-state index in [1.165, 1.54) is 11.3 Å². The van der Waals surface area contributed by atoms with Gasteiger partial charge in [0.2, 0.25) is 10.0 Å². The molecule has 2 aliphatic rings. The van der Waals surface area contributed by atoms with Gasteiger partial charge >= 0.3 is 0 Å². The van der Waals surface area contributed by atoms with E-state index < -0.39 is 10.0 Å². The van der Waals surface area contributed by atoms with Crippen LogP contribution in [0, 0.1) is 0 Å². The van der Waals surface area contributed by atoms with E-state index in [9.17, 15) is 8.42 Å². The van der Waals surface area contributed by atoms with Crippen molar-refractivity contribution < 1.29 is 13.2 Å². The molecule has 8 nitrogen and oxygen atoms in total. The Morgan fingerprint density at radius 3 is 2.88 bits per heavy atom. The molecule has 0 bridgehead atoms. The summed E-state index contributed by atoms with van der Waals surface area (Å²) in [6, 6.07) is 0. The number of aromatic nitrogens is 2. The first kappa shape index (κ1) is 19.8. The molecule has 0 radical (unpaired) electrons. The minimum Gasteiger partial charge on any atom is -0.379 e. The maximum atomic E-state index is 11.6. The third-order valence-electron chi connectivity index (χ3n) is 5.29. The Labute approximate surface area is 156 Å². The van der Waals surface area contributed by atoms with Crippen molar-refractivity contribution in [3.63, 3.8) is 0 Å². The van der Waals surface area contributed by atoms with E-state index in [1.807, 2.05) is 6.20 Å². The highest BCUT2D eigenvalue weighted by Gasteiger charge is 2.25. The maximum absolute atomic E-state index is 11.6. The van der Waals surface area contributed by atoms with Gasteiger partial charge in [-0.3, -0.25) is 10.00 Å². The quantitative estimate of drug-likeness (QED) is 0.672. The molecule has 0 amide bonds. The summed E-state index contributed by atoms with van der Waals surface area (Å²) in [6.45, 7) is 9.34.